The van der Waals surface area contributed by atoms with E-state index in [9.17, 15) is 9.59 Å². The molecule has 6 heteroatoms. The third-order valence-electron chi connectivity index (χ3n) is 3.32. The number of rotatable bonds is 3. The largest absolute Gasteiger partial charge is 0.482 e. The number of anilines is 1. The van der Waals surface area contributed by atoms with E-state index in [4.69, 9.17) is 14.3 Å². The van der Waals surface area contributed by atoms with E-state index in [2.05, 4.69) is 0 Å². The summed E-state index contributed by atoms with van der Waals surface area (Å²) < 4.78 is 10.9. The van der Waals surface area contributed by atoms with Crippen LogP contribution in [0.2, 0.25) is 0 Å². The molecule has 108 valence electrons. The minimum Gasteiger partial charge on any atom is -0.482 e. The van der Waals surface area contributed by atoms with E-state index in [1.54, 1.807) is 31.3 Å². The highest BCUT2D eigenvalue weighted by molar-refractivity contribution is 5.98. The maximum Gasteiger partial charge on any atom is 0.311 e. The molecule has 3 rings (SSSR count). The number of carboxylic acid groups (broad SMARTS) is 1. The Kier molecular flexibility index (Phi) is 3.13. The summed E-state index contributed by atoms with van der Waals surface area (Å²) in [7, 11) is 1.69. The fourth-order valence-electron chi connectivity index (χ4n) is 2.20. The van der Waals surface area contributed by atoms with Crippen molar-refractivity contribution in [1.29, 1.82) is 0 Å². The molecule has 6 nitrogen and oxygen atoms in total. The molecule has 2 heterocycles. The molecule has 0 atom stereocenters. The van der Waals surface area contributed by atoms with Gasteiger partial charge in [-0.05, 0) is 30.3 Å². The van der Waals surface area contributed by atoms with Gasteiger partial charge >= 0.3 is 5.97 Å². The lowest BCUT2D eigenvalue weighted by Gasteiger charge is -2.26. The highest BCUT2D eigenvalue weighted by Gasteiger charge is 2.23. The smallest absolute Gasteiger partial charge is 0.311 e. The molecule has 0 saturated heterocycles. The number of nitrogens with zero attached hydrogens (tertiary/aromatic N) is 1. The molecule has 1 amide bonds. The first-order chi connectivity index (χ1) is 10.0. The molecule has 0 unspecified atom stereocenters. The Labute approximate surface area is 120 Å². The topological polar surface area (TPSA) is 80.0 Å². The van der Waals surface area contributed by atoms with Gasteiger partial charge in [0.2, 0.25) is 0 Å². The summed E-state index contributed by atoms with van der Waals surface area (Å²) in [6.45, 7) is 0.0341. The van der Waals surface area contributed by atoms with Crippen LogP contribution in [-0.2, 0) is 16.0 Å². The number of furan rings is 1. The number of carbonyl (C=O) groups excluding carboxylic acids is 1. The number of hydrogen-bond donors (Lipinski definition) is 1. The van der Waals surface area contributed by atoms with Gasteiger partial charge in [0.25, 0.3) is 5.91 Å². The van der Waals surface area contributed by atoms with Crippen LogP contribution in [-0.4, -0.2) is 30.6 Å². The van der Waals surface area contributed by atoms with Gasteiger partial charge in [0, 0.05) is 12.6 Å². The predicted octanol–water partition coefficient (Wildman–Crippen LogP) is 1.93. The molecule has 1 N–H and O–H groups in total. The average molecular weight is 287 g/mol. The minimum atomic E-state index is -0.944. The first-order valence-electron chi connectivity index (χ1n) is 6.39. The summed E-state index contributed by atoms with van der Waals surface area (Å²) in [4.78, 5) is 23.8. The van der Waals surface area contributed by atoms with E-state index in [1.807, 2.05) is 6.07 Å². The van der Waals surface area contributed by atoms with E-state index in [0.717, 1.165) is 5.56 Å². The summed E-state index contributed by atoms with van der Waals surface area (Å²) in [5.74, 6) is 0.514. The summed E-state index contributed by atoms with van der Waals surface area (Å²) >= 11 is 0. The summed E-state index contributed by atoms with van der Waals surface area (Å²) in [6, 6.07) is 8.72. The van der Waals surface area contributed by atoms with Gasteiger partial charge in [0.15, 0.2) is 6.61 Å². The highest BCUT2D eigenvalue weighted by atomic mass is 16.5. The van der Waals surface area contributed by atoms with Crippen molar-refractivity contribution in [2.75, 3.05) is 18.6 Å². The van der Waals surface area contributed by atoms with Crippen molar-refractivity contribution in [3.05, 3.63) is 36.1 Å². The number of amides is 1. The molecule has 0 saturated carbocycles. The molecular formula is C15H13NO5. The molecule has 1 aliphatic heterocycles. The maximum atomic E-state index is 11.6. The zero-order chi connectivity index (χ0) is 15.0. The van der Waals surface area contributed by atoms with Crippen LogP contribution in [0.4, 0.5) is 5.69 Å². The lowest BCUT2D eigenvalue weighted by Crippen LogP contribution is -2.35. The third kappa shape index (κ3) is 2.47. The lowest BCUT2D eigenvalue weighted by molar-refractivity contribution is -0.136. The number of aliphatic carboxylic acids is 1. The molecule has 1 aliphatic rings. The molecule has 2 aromatic rings. The second-order valence-electron chi connectivity index (χ2n) is 4.76. The Morgan fingerprint density at radius 1 is 1.33 bits per heavy atom. The van der Waals surface area contributed by atoms with Gasteiger partial charge in [-0.3, -0.25) is 9.59 Å². The number of ether oxygens (including phenoxy) is 1. The van der Waals surface area contributed by atoms with Crippen molar-refractivity contribution in [2.45, 2.75) is 6.42 Å². The maximum absolute atomic E-state index is 11.6. The zero-order valence-corrected chi connectivity index (χ0v) is 11.3. The van der Waals surface area contributed by atoms with E-state index in [1.165, 1.54) is 4.90 Å². The second-order valence-corrected chi connectivity index (χ2v) is 4.76. The van der Waals surface area contributed by atoms with Crippen LogP contribution in [0.5, 0.6) is 5.75 Å². The number of hydrogen-bond acceptors (Lipinski definition) is 4. The van der Waals surface area contributed by atoms with Crippen LogP contribution < -0.4 is 9.64 Å². The van der Waals surface area contributed by atoms with Gasteiger partial charge < -0.3 is 19.2 Å². The summed E-state index contributed by atoms with van der Waals surface area (Å²) in [5, 5.41) is 8.75. The quantitative estimate of drug-likeness (QED) is 0.933. The molecule has 1 aromatic carbocycles. The molecule has 1 aromatic heterocycles. The van der Waals surface area contributed by atoms with Crippen LogP contribution in [0.25, 0.3) is 11.3 Å². The van der Waals surface area contributed by atoms with Gasteiger partial charge in [0.1, 0.15) is 23.7 Å². The summed E-state index contributed by atoms with van der Waals surface area (Å²) in [6.07, 6.45) is -0.160. The van der Waals surface area contributed by atoms with Crippen LogP contribution >= 0.6 is 0 Å². The molecule has 0 fully saturated rings. The van der Waals surface area contributed by atoms with Gasteiger partial charge in [-0.25, -0.2) is 0 Å². The predicted molar refractivity (Wildman–Crippen MR) is 74.4 cm³/mol. The standard InChI is InChI=1S/C15H13NO5/c1-16-11-6-9(2-4-13(11)20-8-14(16)17)12-5-3-10(21-12)7-15(18)19/h2-6H,7-8H2,1H3,(H,18,19). The van der Waals surface area contributed by atoms with Gasteiger partial charge in [0.05, 0.1) is 5.69 Å². The van der Waals surface area contributed by atoms with Gasteiger partial charge in [-0.2, -0.15) is 0 Å². The third-order valence-corrected chi connectivity index (χ3v) is 3.32. The Balaban J connectivity index is 1.95. The van der Waals surface area contributed by atoms with E-state index < -0.39 is 5.97 Å². The number of likely N-dealkylation sites (N-methyl/N-ethyl adjacent to an activating group) is 1. The number of carboxylic acids is 1. The fraction of sp³-hybridized carbons (Fsp3) is 0.200. The Morgan fingerprint density at radius 3 is 2.90 bits per heavy atom. The molecule has 0 radical (unpaired) electrons. The Bertz CT molecular complexity index is 719. The van der Waals surface area contributed by atoms with Crippen molar-refractivity contribution in [2.24, 2.45) is 0 Å². The van der Waals surface area contributed by atoms with Crippen molar-refractivity contribution >= 4 is 17.6 Å². The van der Waals surface area contributed by atoms with Crippen molar-refractivity contribution in [3.63, 3.8) is 0 Å². The molecule has 0 bridgehead atoms. The van der Waals surface area contributed by atoms with Crippen molar-refractivity contribution < 1.29 is 23.8 Å². The number of carbonyl (C=O) groups is 2. The summed E-state index contributed by atoms with van der Waals surface area (Å²) in [5.41, 5.74) is 1.43. The van der Waals surface area contributed by atoms with E-state index >= 15 is 0 Å². The van der Waals surface area contributed by atoms with Crippen molar-refractivity contribution in [3.8, 4) is 17.1 Å². The minimum absolute atomic E-state index is 0.0341. The normalized spacial score (nSPS) is 13.8. The van der Waals surface area contributed by atoms with Crippen LogP contribution in [0.1, 0.15) is 5.76 Å². The molecule has 0 spiro atoms. The highest BCUT2D eigenvalue weighted by Crippen LogP contribution is 2.35. The van der Waals surface area contributed by atoms with E-state index in [0.29, 0.717) is 23.0 Å². The molecule has 0 aliphatic carbocycles. The molecular weight excluding hydrogens is 274 g/mol. The molecule has 21 heavy (non-hydrogen) atoms. The number of fused-ring (bicyclic) bond motifs is 1. The van der Waals surface area contributed by atoms with Crippen LogP contribution in [0.3, 0.4) is 0 Å². The van der Waals surface area contributed by atoms with Crippen LogP contribution in [0, 0.1) is 0 Å². The average Bonchev–Trinajstić information content (AvgIpc) is 2.90. The number of benzene rings is 1. The van der Waals surface area contributed by atoms with Crippen LogP contribution in [0.15, 0.2) is 34.7 Å². The van der Waals surface area contributed by atoms with E-state index in [-0.39, 0.29) is 18.9 Å². The Morgan fingerprint density at radius 2 is 2.14 bits per heavy atom. The van der Waals surface area contributed by atoms with Crippen molar-refractivity contribution in [1.82, 2.24) is 0 Å². The fourth-order valence-corrected chi connectivity index (χ4v) is 2.20. The monoisotopic (exact) mass is 287 g/mol. The SMILES string of the molecule is CN1C(=O)COc2ccc(-c3ccc(CC(=O)O)o3)cc21. The first-order valence-corrected chi connectivity index (χ1v) is 6.39. The zero-order valence-electron chi connectivity index (χ0n) is 11.3. The Hall–Kier alpha value is -2.76. The first kappa shape index (κ1) is 13.2. The lowest BCUT2D eigenvalue weighted by atomic mass is 10.1. The van der Waals surface area contributed by atoms with Gasteiger partial charge in [-0.1, -0.05) is 0 Å². The van der Waals surface area contributed by atoms with Gasteiger partial charge in [-0.15, -0.1) is 0 Å². The second kappa shape index (κ2) is 4.97.